The molecule has 29 heavy (non-hydrogen) atoms. The van der Waals surface area contributed by atoms with E-state index in [2.05, 4.69) is 4.98 Å². The number of fused-ring (bicyclic) bond motifs is 1. The van der Waals surface area contributed by atoms with Crippen LogP contribution >= 0.6 is 11.3 Å². The van der Waals surface area contributed by atoms with E-state index in [1.807, 2.05) is 12.3 Å². The highest BCUT2D eigenvalue weighted by molar-refractivity contribution is 7.17. The number of hydrogen-bond donors (Lipinski definition) is 0. The van der Waals surface area contributed by atoms with Gasteiger partial charge in [0, 0.05) is 22.9 Å². The Labute approximate surface area is 170 Å². The summed E-state index contributed by atoms with van der Waals surface area (Å²) in [6.07, 6.45) is 2.92. The van der Waals surface area contributed by atoms with Gasteiger partial charge in [-0.15, -0.1) is 11.3 Å². The highest BCUT2D eigenvalue weighted by atomic mass is 32.1. The van der Waals surface area contributed by atoms with Crippen LogP contribution in [0, 0.1) is 12.7 Å². The second-order valence-corrected chi connectivity index (χ2v) is 7.72. The summed E-state index contributed by atoms with van der Waals surface area (Å²) in [4.78, 5) is 31.5. The van der Waals surface area contributed by atoms with Crippen LogP contribution in [0.25, 0.3) is 21.5 Å². The van der Waals surface area contributed by atoms with Crippen LogP contribution in [0.2, 0.25) is 0 Å². The molecule has 0 fully saturated rings. The molecular formula is C22H19FN2O3S. The van der Waals surface area contributed by atoms with E-state index in [0.29, 0.717) is 44.9 Å². The largest absolute Gasteiger partial charge is 0.464 e. The lowest BCUT2D eigenvalue weighted by Crippen LogP contribution is -2.28. The van der Waals surface area contributed by atoms with Gasteiger partial charge in [0.05, 0.1) is 18.2 Å². The van der Waals surface area contributed by atoms with Gasteiger partial charge in [0.1, 0.15) is 22.2 Å². The van der Waals surface area contributed by atoms with Crippen molar-refractivity contribution in [1.29, 1.82) is 0 Å². The molecule has 7 heteroatoms. The van der Waals surface area contributed by atoms with E-state index < -0.39 is 0 Å². The molecule has 1 aromatic carbocycles. The molecule has 4 rings (SSSR count). The molecule has 0 saturated carbocycles. The molecular weight excluding hydrogens is 391 g/mol. The maximum absolute atomic E-state index is 13.6. The first kappa shape index (κ1) is 19.3. The van der Waals surface area contributed by atoms with Crippen LogP contribution < -0.4 is 5.56 Å². The summed E-state index contributed by atoms with van der Waals surface area (Å²) in [6, 6.07) is 7.77. The average molecular weight is 410 g/mol. The Morgan fingerprint density at radius 2 is 2.14 bits per heavy atom. The maximum atomic E-state index is 13.6. The first-order valence-corrected chi connectivity index (χ1v) is 10.2. The van der Waals surface area contributed by atoms with Gasteiger partial charge in [-0.1, -0.05) is 6.92 Å². The molecule has 0 saturated heterocycles. The van der Waals surface area contributed by atoms with Crippen molar-refractivity contribution in [3.63, 3.8) is 0 Å². The zero-order valence-electron chi connectivity index (χ0n) is 16.1. The first-order valence-electron chi connectivity index (χ1n) is 9.33. The zero-order chi connectivity index (χ0) is 20.5. The smallest absolute Gasteiger partial charge is 0.263 e. The van der Waals surface area contributed by atoms with Crippen molar-refractivity contribution in [3.8, 4) is 11.3 Å². The lowest BCUT2D eigenvalue weighted by molar-refractivity contribution is 0.0969. The van der Waals surface area contributed by atoms with Crippen molar-refractivity contribution in [2.75, 3.05) is 0 Å². The first-order chi connectivity index (χ1) is 14.0. The van der Waals surface area contributed by atoms with Crippen molar-refractivity contribution in [2.45, 2.75) is 33.2 Å². The third-order valence-corrected chi connectivity index (χ3v) is 5.69. The van der Waals surface area contributed by atoms with Gasteiger partial charge in [-0.3, -0.25) is 14.2 Å². The van der Waals surface area contributed by atoms with Crippen molar-refractivity contribution < 1.29 is 13.6 Å². The highest BCUT2D eigenvalue weighted by Gasteiger charge is 2.20. The number of ketones is 1. The van der Waals surface area contributed by atoms with Crippen LogP contribution in [-0.2, 0) is 13.0 Å². The monoisotopic (exact) mass is 410 g/mol. The van der Waals surface area contributed by atoms with Crippen LogP contribution in [0.15, 0.2) is 51.2 Å². The normalized spacial score (nSPS) is 11.3. The summed E-state index contributed by atoms with van der Waals surface area (Å²) in [5.41, 5.74) is 1.17. The molecule has 3 heterocycles. The second kappa shape index (κ2) is 7.75. The van der Waals surface area contributed by atoms with E-state index in [1.54, 1.807) is 25.3 Å². The summed E-state index contributed by atoms with van der Waals surface area (Å²) < 4.78 is 20.4. The standard InChI is InChI=1S/C22H19FN2O3S/c1-3-5-19-24-21-20(15(12-29-21)18-6-4-9-28-18)22(27)25(19)11-17(26)14-7-8-16(23)13(2)10-14/h4,6-10,12H,3,5,11H2,1-2H3. The van der Waals surface area contributed by atoms with Gasteiger partial charge in [-0.2, -0.15) is 0 Å². The van der Waals surface area contributed by atoms with Crippen molar-refractivity contribution in [1.82, 2.24) is 9.55 Å². The fourth-order valence-corrected chi connectivity index (χ4v) is 4.25. The van der Waals surface area contributed by atoms with Crippen LogP contribution in [0.5, 0.6) is 0 Å². The van der Waals surface area contributed by atoms with Crippen molar-refractivity contribution in [2.24, 2.45) is 0 Å². The average Bonchev–Trinajstić information content (AvgIpc) is 3.36. The number of furan rings is 1. The van der Waals surface area contributed by atoms with Gasteiger partial charge < -0.3 is 4.42 Å². The molecule has 5 nitrogen and oxygen atoms in total. The minimum absolute atomic E-state index is 0.143. The predicted octanol–water partition coefficient (Wildman–Crippen LogP) is 5.00. The summed E-state index contributed by atoms with van der Waals surface area (Å²) in [5, 5.41) is 2.30. The molecule has 0 bridgehead atoms. The molecule has 4 aromatic rings. The highest BCUT2D eigenvalue weighted by Crippen LogP contribution is 2.31. The summed E-state index contributed by atoms with van der Waals surface area (Å²) in [7, 11) is 0. The molecule has 3 aromatic heterocycles. The van der Waals surface area contributed by atoms with Gasteiger partial charge in [0.15, 0.2) is 5.78 Å². The SMILES string of the molecule is CCCc1nc2scc(-c3ccco3)c2c(=O)n1CC(=O)c1ccc(F)c(C)c1. The topological polar surface area (TPSA) is 65.1 Å². The molecule has 0 radical (unpaired) electrons. The number of thiophene rings is 1. The molecule has 0 amide bonds. The Morgan fingerprint density at radius 3 is 2.83 bits per heavy atom. The van der Waals surface area contributed by atoms with Crippen LogP contribution in [0.3, 0.4) is 0 Å². The number of carbonyl (C=O) groups excluding carboxylic acids is 1. The van der Waals surface area contributed by atoms with E-state index in [1.165, 1.54) is 34.1 Å². The molecule has 0 unspecified atom stereocenters. The van der Waals surface area contributed by atoms with Crippen molar-refractivity contribution in [3.05, 3.63) is 75.1 Å². The molecule has 0 aliphatic heterocycles. The van der Waals surface area contributed by atoms with Crippen molar-refractivity contribution >= 4 is 27.3 Å². The van der Waals surface area contributed by atoms with Gasteiger partial charge in [0.2, 0.25) is 0 Å². The number of rotatable bonds is 6. The van der Waals surface area contributed by atoms with E-state index >= 15 is 0 Å². The maximum Gasteiger partial charge on any atom is 0.263 e. The van der Waals surface area contributed by atoms with Gasteiger partial charge in [0.25, 0.3) is 5.56 Å². The summed E-state index contributed by atoms with van der Waals surface area (Å²) in [5.74, 6) is 0.536. The Balaban J connectivity index is 1.83. The molecule has 0 aliphatic carbocycles. The Morgan fingerprint density at radius 1 is 1.31 bits per heavy atom. The number of carbonyl (C=O) groups is 1. The lowest BCUT2D eigenvalue weighted by Gasteiger charge is -2.12. The number of Topliss-reactive ketones (excluding diaryl/α,β-unsaturated/α-hetero) is 1. The molecule has 148 valence electrons. The summed E-state index contributed by atoms with van der Waals surface area (Å²) >= 11 is 1.38. The quantitative estimate of drug-likeness (QED) is 0.420. The second-order valence-electron chi connectivity index (χ2n) is 6.86. The Bertz CT molecular complexity index is 1260. The fraction of sp³-hybridized carbons (Fsp3) is 0.227. The Hall–Kier alpha value is -3.06. The number of benzene rings is 1. The van der Waals surface area contributed by atoms with Gasteiger partial charge >= 0.3 is 0 Å². The minimum Gasteiger partial charge on any atom is -0.464 e. The third kappa shape index (κ3) is 3.53. The van der Waals surface area contributed by atoms with E-state index in [4.69, 9.17) is 4.42 Å². The Kier molecular flexibility index (Phi) is 5.15. The van der Waals surface area contributed by atoms with E-state index in [0.717, 1.165) is 6.42 Å². The number of hydrogen-bond acceptors (Lipinski definition) is 5. The molecule has 0 aliphatic rings. The lowest BCUT2D eigenvalue weighted by atomic mass is 10.1. The molecule has 0 spiro atoms. The number of aryl methyl sites for hydroxylation is 2. The van der Waals surface area contributed by atoms with E-state index in [9.17, 15) is 14.0 Å². The van der Waals surface area contributed by atoms with Gasteiger partial charge in [-0.05, 0) is 49.2 Å². The van der Waals surface area contributed by atoms with Crippen LogP contribution in [0.1, 0.15) is 35.1 Å². The number of nitrogens with zero attached hydrogens (tertiary/aromatic N) is 2. The van der Waals surface area contributed by atoms with E-state index in [-0.39, 0.29) is 23.7 Å². The number of aromatic nitrogens is 2. The fourth-order valence-electron chi connectivity index (χ4n) is 3.31. The third-order valence-electron chi connectivity index (χ3n) is 4.81. The molecule has 0 atom stereocenters. The van der Waals surface area contributed by atoms with Crippen LogP contribution in [-0.4, -0.2) is 15.3 Å². The number of halogens is 1. The predicted molar refractivity (Wildman–Crippen MR) is 111 cm³/mol. The van der Waals surface area contributed by atoms with Gasteiger partial charge in [-0.25, -0.2) is 9.37 Å². The minimum atomic E-state index is -0.366. The molecule has 0 N–H and O–H groups in total. The van der Waals surface area contributed by atoms with Crippen LogP contribution in [0.4, 0.5) is 4.39 Å². The zero-order valence-corrected chi connectivity index (χ0v) is 16.9. The summed E-state index contributed by atoms with van der Waals surface area (Å²) in [6.45, 7) is 3.46.